The first-order valence-electron chi connectivity index (χ1n) is 5.21. The highest BCUT2D eigenvalue weighted by atomic mass is 16.6. The lowest BCUT2D eigenvalue weighted by molar-refractivity contribution is -0.385. The van der Waals surface area contributed by atoms with Gasteiger partial charge in [0.2, 0.25) is 6.41 Å². The van der Waals surface area contributed by atoms with Crippen molar-refractivity contribution >= 4 is 12.1 Å². The van der Waals surface area contributed by atoms with Gasteiger partial charge >= 0.3 is 5.69 Å². The molecule has 1 aromatic heterocycles. The second-order valence-corrected chi connectivity index (χ2v) is 4.34. The number of hydrogen-bond acceptors (Lipinski definition) is 5. The highest BCUT2D eigenvalue weighted by Crippen LogP contribution is 2.13. The normalized spacial score (nSPS) is 10.3. The number of carbonyl (C=O) groups is 1. The van der Waals surface area contributed by atoms with Gasteiger partial charge in [0.05, 0.1) is 10.5 Å². The molecule has 0 saturated carbocycles. The Bertz CT molecular complexity index is 409. The summed E-state index contributed by atoms with van der Waals surface area (Å²) in [7, 11) is 1.65. The molecule has 1 amide bonds. The molecule has 0 aliphatic rings. The molecule has 0 aromatic carbocycles. The molecular formula is C10H18N4O4. The van der Waals surface area contributed by atoms with E-state index in [-0.39, 0.29) is 5.69 Å². The maximum absolute atomic E-state index is 10.2. The Hall–Kier alpha value is -1.96. The number of aliphatic hydroxyl groups is 1. The van der Waals surface area contributed by atoms with Gasteiger partial charge in [-0.1, -0.05) is 0 Å². The van der Waals surface area contributed by atoms with Crippen LogP contribution in [0, 0.1) is 17.0 Å². The van der Waals surface area contributed by atoms with Crippen molar-refractivity contribution in [3.63, 3.8) is 0 Å². The third kappa shape index (κ3) is 6.59. The second-order valence-electron chi connectivity index (χ2n) is 4.34. The fourth-order valence-corrected chi connectivity index (χ4v) is 1.06. The van der Waals surface area contributed by atoms with E-state index in [1.807, 2.05) is 0 Å². The smallest absolute Gasteiger partial charge is 0.309 e. The highest BCUT2D eigenvalue weighted by molar-refractivity contribution is 5.45. The number of aromatic nitrogens is 2. The molecule has 0 bridgehead atoms. The predicted molar refractivity (Wildman–Crippen MR) is 65.0 cm³/mol. The van der Waals surface area contributed by atoms with Crippen molar-refractivity contribution in [2.75, 3.05) is 6.54 Å². The summed E-state index contributed by atoms with van der Waals surface area (Å²) in [6.45, 7) is 5.17. The number of aryl methyl sites for hydroxylation is 2. The van der Waals surface area contributed by atoms with E-state index in [9.17, 15) is 14.9 Å². The Balaban J connectivity index is 0.000000331. The quantitative estimate of drug-likeness (QED) is 0.453. The Morgan fingerprint density at radius 2 is 2.22 bits per heavy atom. The standard InChI is InChI=1S/C5H7N3O2.C5H11NO2/c1-4-5(8(9)10)3-7(2)6-4;1-5(2,8)3-6-4-7/h3H,1-2H3;4,8H,3H2,1-2H3,(H,6,7). The molecule has 0 aliphatic heterocycles. The molecule has 8 nitrogen and oxygen atoms in total. The number of hydrogen-bond donors (Lipinski definition) is 2. The average molecular weight is 258 g/mol. The van der Waals surface area contributed by atoms with Gasteiger partial charge in [0.25, 0.3) is 0 Å². The first kappa shape index (κ1) is 16.0. The van der Waals surface area contributed by atoms with Crippen LogP contribution in [-0.2, 0) is 11.8 Å². The van der Waals surface area contributed by atoms with Gasteiger partial charge < -0.3 is 10.4 Å². The van der Waals surface area contributed by atoms with Crippen LogP contribution in [-0.4, -0.2) is 38.4 Å². The van der Waals surface area contributed by atoms with Gasteiger partial charge in [-0.05, 0) is 20.8 Å². The summed E-state index contributed by atoms with van der Waals surface area (Å²) in [6.07, 6.45) is 1.95. The Labute approximate surface area is 105 Å². The minimum absolute atomic E-state index is 0.0718. The fourth-order valence-electron chi connectivity index (χ4n) is 1.06. The van der Waals surface area contributed by atoms with Crippen molar-refractivity contribution in [2.45, 2.75) is 26.4 Å². The van der Waals surface area contributed by atoms with Crippen LogP contribution >= 0.6 is 0 Å². The van der Waals surface area contributed by atoms with Crippen molar-refractivity contribution < 1.29 is 14.8 Å². The zero-order valence-electron chi connectivity index (χ0n) is 10.9. The number of nitrogens with one attached hydrogen (secondary N) is 1. The molecule has 18 heavy (non-hydrogen) atoms. The Morgan fingerprint density at radius 1 is 1.67 bits per heavy atom. The first-order chi connectivity index (χ1) is 8.17. The van der Waals surface area contributed by atoms with Gasteiger partial charge in [0.1, 0.15) is 11.9 Å². The van der Waals surface area contributed by atoms with Crippen LogP contribution in [0.15, 0.2) is 6.20 Å². The van der Waals surface area contributed by atoms with E-state index in [0.29, 0.717) is 18.6 Å². The summed E-state index contributed by atoms with van der Waals surface area (Å²) in [5.41, 5.74) is -0.268. The average Bonchev–Trinajstić information content (AvgIpc) is 2.55. The van der Waals surface area contributed by atoms with Crippen LogP contribution in [0.1, 0.15) is 19.5 Å². The van der Waals surface area contributed by atoms with Crippen LogP contribution in [0.25, 0.3) is 0 Å². The second kappa shape index (κ2) is 6.70. The van der Waals surface area contributed by atoms with E-state index in [0.717, 1.165) is 0 Å². The SMILES string of the molecule is CC(C)(O)CNC=O.Cc1nn(C)cc1[N+](=O)[O-]. The molecule has 0 unspecified atom stereocenters. The Kier molecular flexibility index (Phi) is 5.97. The van der Waals surface area contributed by atoms with E-state index in [2.05, 4.69) is 10.4 Å². The minimum Gasteiger partial charge on any atom is -0.389 e. The molecule has 1 aromatic rings. The minimum atomic E-state index is -0.791. The molecule has 0 aliphatic carbocycles. The molecule has 0 atom stereocenters. The van der Waals surface area contributed by atoms with E-state index in [4.69, 9.17) is 5.11 Å². The molecule has 0 fully saturated rings. The van der Waals surface area contributed by atoms with E-state index < -0.39 is 10.5 Å². The maximum atomic E-state index is 10.2. The maximum Gasteiger partial charge on any atom is 0.309 e. The van der Waals surface area contributed by atoms with Crippen molar-refractivity contribution in [1.82, 2.24) is 15.1 Å². The van der Waals surface area contributed by atoms with Crippen molar-refractivity contribution in [3.8, 4) is 0 Å². The molecule has 0 saturated heterocycles. The molecule has 0 spiro atoms. The van der Waals surface area contributed by atoms with E-state index in [1.165, 1.54) is 10.9 Å². The van der Waals surface area contributed by atoms with Gasteiger partial charge in [-0.15, -0.1) is 0 Å². The van der Waals surface area contributed by atoms with Gasteiger partial charge in [-0.25, -0.2) is 0 Å². The molecular weight excluding hydrogens is 240 g/mol. The predicted octanol–water partition coefficient (Wildman–Crippen LogP) is 0.140. The summed E-state index contributed by atoms with van der Waals surface area (Å²) in [4.78, 5) is 19.4. The summed E-state index contributed by atoms with van der Waals surface area (Å²) in [5, 5.41) is 25.3. The van der Waals surface area contributed by atoms with E-state index in [1.54, 1.807) is 27.8 Å². The highest BCUT2D eigenvalue weighted by Gasteiger charge is 2.12. The lowest BCUT2D eigenvalue weighted by Gasteiger charge is -2.14. The molecule has 2 N–H and O–H groups in total. The van der Waals surface area contributed by atoms with Crippen molar-refractivity contribution in [1.29, 1.82) is 0 Å². The lowest BCUT2D eigenvalue weighted by atomic mass is 10.1. The van der Waals surface area contributed by atoms with Crippen molar-refractivity contribution in [3.05, 3.63) is 22.0 Å². The summed E-state index contributed by atoms with van der Waals surface area (Å²) in [6, 6.07) is 0. The zero-order chi connectivity index (χ0) is 14.3. The molecule has 8 heteroatoms. The van der Waals surface area contributed by atoms with Crippen LogP contribution in [0.2, 0.25) is 0 Å². The number of carbonyl (C=O) groups excluding carboxylic acids is 1. The van der Waals surface area contributed by atoms with Crippen LogP contribution in [0.3, 0.4) is 0 Å². The summed E-state index contributed by atoms with van der Waals surface area (Å²) >= 11 is 0. The number of nitrogens with zero attached hydrogens (tertiary/aromatic N) is 3. The van der Waals surface area contributed by atoms with E-state index >= 15 is 0 Å². The zero-order valence-corrected chi connectivity index (χ0v) is 10.9. The largest absolute Gasteiger partial charge is 0.389 e. The third-order valence-corrected chi connectivity index (χ3v) is 1.80. The van der Waals surface area contributed by atoms with Gasteiger partial charge in [0, 0.05) is 13.6 Å². The molecule has 1 rings (SSSR count). The van der Waals surface area contributed by atoms with Crippen molar-refractivity contribution in [2.24, 2.45) is 7.05 Å². The fraction of sp³-hybridized carbons (Fsp3) is 0.600. The topological polar surface area (TPSA) is 110 Å². The number of amides is 1. The number of rotatable bonds is 4. The van der Waals surface area contributed by atoms with Crippen LogP contribution < -0.4 is 5.32 Å². The molecule has 102 valence electrons. The number of nitro groups is 1. The Morgan fingerprint density at radius 3 is 2.39 bits per heavy atom. The third-order valence-electron chi connectivity index (χ3n) is 1.80. The molecule has 0 radical (unpaired) electrons. The van der Waals surface area contributed by atoms with Crippen LogP contribution in [0.4, 0.5) is 5.69 Å². The summed E-state index contributed by atoms with van der Waals surface area (Å²) < 4.78 is 1.42. The monoisotopic (exact) mass is 258 g/mol. The summed E-state index contributed by atoms with van der Waals surface area (Å²) in [5.74, 6) is 0. The van der Waals surface area contributed by atoms with Gasteiger partial charge in [0.15, 0.2) is 0 Å². The van der Waals surface area contributed by atoms with Gasteiger partial charge in [-0.3, -0.25) is 19.6 Å². The molecule has 1 heterocycles. The first-order valence-corrected chi connectivity index (χ1v) is 5.21. The van der Waals surface area contributed by atoms with Gasteiger partial charge in [-0.2, -0.15) is 5.10 Å². The lowest BCUT2D eigenvalue weighted by Crippen LogP contribution is -2.33. The van der Waals surface area contributed by atoms with Crippen LogP contribution in [0.5, 0.6) is 0 Å².